The third kappa shape index (κ3) is 4.38. The smallest absolute Gasteiger partial charge is 0.376 e. The molecule has 0 aliphatic heterocycles. The van der Waals surface area contributed by atoms with Crippen LogP contribution in [0.15, 0.2) is 41.4 Å². The number of pyridine rings is 1. The Bertz CT molecular complexity index is 926. The van der Waals surface area contributed by atoms with Crippen LogP contribution in [0.25, 0.3) is 0 Å². The summed E-state index contributed by atoms with van der Waals surface area (Å²) in [6, 6.07) is 4.51. The molecule has 27 heavy (non-hydrogen) atoms. The van der Waals surface area contributed by atoms with Crippen molar-refractivity contribution >= 4 is 15.8 Å². The molecule has 1 aliphatic carbocycles. The number of nitrogens with one attached hydrogen (secondary N) is 1. The van der Waals surface area contributed by atoms with Crippen LogP contribution in [0.2, 0.25) is 0 Å². The molecule has 1 heterocycles. The van der Waals surface area contributed by atoms with Crippen molar-refractivity contribution in [2.75, 3.05) is 11.8 Å². The average molecular weight is 404 g/mol. The van der Waals surface area contributed by atoms with Crippen molar-refractivity contribution < 1.29 is 30.7 Å². The van der Waals surface area contributed by atoms with Gasteiger partial charge in [0.2, 0.25) is 0 Å². The molecule has 1 saturated carbocycles. The number of halogens is 4. The monoisotopic (exact) mass is 404 g/mol. The molecule has 3 rings (SSSR count). The van der Waals surface area contributed by atoms with E-state index < -0.39 is 32.5 Å². The van der Waals surface area contributed by atoms with E-state index in [9.17, 15) is 26.0 Å². The van der Waals surface area contributed by atoms with Crippen LogP contribution in [0.4, 0.5) is 23.4 Å². The predicted octanol–water partition coefficient (Wildman–Crippen LogP) is 4.14. The summed E-state index contributed by atoms with van der Waals surface area (Å²) in [5.74, 6) is -1.21. The summed E-state index contributed by atoms with van der Waals surface area (Å²) in [6.45, 7) is 0. The molecule has 0 saturated heterocycles. The van der Waals surface area contributed by atoms with Crippen molar-refractivity contribution in [3.05, 3.63) is 53.5 Å². The van der Waals surface area contributed by atoms with Gasteiger partial charge >= 0.3 is 6.18 Å². The van der Waals surface area contributed by atoms with E-state index in [-0.39, 0.29) is 18.0 Å². The Kier molecular flexibility index (Phi) is 5.13. The summed E-state index contributed by atoms with van der Waals surface area (Å²) in [5, 5.41) is 0. The number of alkyl halides is 3. The third-order valence-corrected chi connectivity index (χ3v) is 5.56. The summed E-state index contributed by atoms with van der Waals surface area (Å²) < 4.78 is 83.8. The molecule has 1 fully saturated rings. The van der Waals surface area contributed by atoms with Crippen LogP contribution in [0.1, 0.15) is 30.1 Å². The normalized spacial score (nSPS) is 16.2. The zero-order valence-electron chi connectivity index (χ0n) is 14.1. The summed E-state index contributed by atoms with van der Waals surface area (Å²) in [4.78, 5) is 3.28. The lowest BCUT2D eigenvalue weighted by Crippen LogP contribution is -2.16. The maximum absolute atomic E-state index is 13.3. The quantitative estimate of drug-likeness (QED) is 0.735. The number of ether oxygens (including phenoxy) is 1. The number of hydrogen-bond acceptors (Lipinski definition) is 4. The van der Waals surface area contributed by atoms with E-state index in [1.165, 1.54) is 12.3 Å². The summed E-state index contributed by atoms with van der Waals surface area (Å²) in [7, 11) is -2.79. The van der Waals surface area contributed by atoms with Crippen molar-refractivity contribution in [3.8, 4) is 0 Å². The van der Waals surface area contributed by atoms with E-state index in [1.54, 1.807) is 13.2 Å². The van der Waals surface area contributed by atoms with Gasteiger partial charge in [0.1, 0.15) is 11.6 Å². The highest BCUT2D eigenvalue weighted by Crippen LogP contribution is 2.42. The minimum atomic E-state index is -5.01. The summed E-state index contributed by atoms with van der Waals surface area (Å²) in [5.41, 5.74) is -0.870. The fraction of sp³-hybridized carbons (Fsp3) is 0.353. The lowest BCUT2D eigenvalue weighted by atomic mass is 10.1. The molecule has 146 valence electrons. The minimum Gasteiger partial charge on any atom is -0.376 e. The lowest BCUT2D eigenvalue weighted by molar-refractivity contribution is -0.140. The Balaban J connectivity index is 1.82. The van der Waals surface area contributed by atoms with Gasteiger partial charge in [0.05, 0.1) is 16.6 Å². The second kappa shape index (κ2) is 7.08. The van der Waals surface area contributed by atoms with E-state index in [2.05, 4.69) is 9.71 Å². The lowest BCUT2D eigenvalue weighted by Gasteiger charge is -2.15. The van der Waals surface area contributed by atoms with Gasteiger partial charge in [0.25, 0.3) is 10.0 Å². The van der Waals surface area contributed by atoms with Crippen LogP contribution in [0.5, 0.6) is 0 Å². The maximum Gasteiger partial charge on any atom is 0.419 e. The van der Waals surface area contributed by atoms with Gasteiger partial charge in [-0.15, -0.1) is 0 Å². The fourth-order valence-electron chi connectivity index (χ4n) is 2.72. The van der Waals surface area contributed by atoms with Crippen LogP contribution in [0, 0.1) is 11.7 Å². The molecule has 0 radical (unpaired) electrons. The molecule has 1 aromatic carbocycles. The average Bonchev–Trinajstić information content (AvgIpc) is 3.41. The summed E-state index contributed by atoms with van der Waals surface area (Å²) >= 11 is 0. The van der Waals surface area contributed by atoms with Crippen molar-refractivity contribution in [1.29, 1.82) is 0 Å². The number of anilines is 1. The van der Waals surface area contributed by atoms with E-state index >= 15 is 0 Å². The van der Waals surface area contributed by atoms with Gasteiger partial charge in [-0.3, -0.25) is 4.72 Å². The SMILES string of the molecule is COC(c1ccc(NS(=O)(=O)c2ccc(F)c(C(F)(F)F)c2)nc1)C1CC1. The molecule has 0 bridgehead atoms. The van der Waals surface area contributed by atoms with Crippen LogP contribution >= 0.6 is 0 Å². The molecule has 1 unspecified atom stereocenters. The second-order valence-corrected chi connectivity index (χ2v) is 7.90. The van der Waals surface area contributed by atoms with Crippen LogP contribution < -0.4 is 4.72 Å². The van der Waals surface area contributed by atoms with Gasteiger partial charge in [-0.05, 0) is 48.6 Å². The van der Waals surface area contributed by atoms with E-state index in [1.807, 2.05) is 0 Å². The van der Waals surface area contributed by atoms with Crippen LogP contribution in [-0.2, 0) is 20.9 Å². The largest absolute Gasteiger partial charge is 0.419 e. The molecule has 5 nitrogen and oxygen atoms in total. The highest BCUT2D eigenvalue weighted by atomic mass is 32.2. The number of aromatic nitrogens is 1. The number of hydrogen-bond donors (Lipinski definition) is 1. The van der Waals surface area contributed by atoms with Gasteiger partial charge in [0, 0.05) is 13.3 Å². The maximum atomic E-state index is 13.3. The standard InChI is InChI=1S/C17H16F4N2O3S/c1-26-16(10-2-3-10)11-4-7-15(22-9-11)23-27(24,25)12-5-6-14(18)13(8-12)17(19,20)21/h4-10,16H,2-3H2,1H3,(H,22,23). The molecule has 0 amide bonds. The zero-order chi connectivity index (χ0) is 19.8. The summed E-state index contributed by atoms with van der Waals surface area (Å²) in [6.07, 6.45) is -1.60. The Morgan fingerprint density at radius 3 is 2.44 bits per heavy atom. The van der Waals surface area contributed by atoms with Crippen molar-refractivity contribution in [2.24, 2.45) is 5.92 Å². The first-order valence-electron chi connectivity index (χ1n) is 8.00. The predicted molar refractivity (Wildman–Crippen MR) is 88.9 cm³/mol. The van der Waals surface area contributed by atoms with Gasteiger partial charge < -0.3 is 4.74 Å². The Morgan fingerprint density at radius 2 is 1.93 bits per heavy atom. The first-order valence-corrected chi connectivity index (χ1v) is 9.48. The molecule has 1 aromatic heterocycles. The molecular formula is C17H16F4N2O3S. The number of benzene rings is 1. The van der Waals surface area contributed by atoms with Crippen LogP contribution in [-0.4, -0.2) is 20.5 Å². The molecule has 1 atom stereocenters. The molecule has 2 aromatic rings. The first kappa shape index (κ1) is 19.6. The van der Waals surface area contributed by atoms with Gasteiger partial charge in [-0.2, -0.15) is 13.2 Å². The number of rotatable bonds is 6. The molecule has 1 N–H and O–H groups in total. The van der Waals surface area contributed by atoms with Crippen molar-refractivity contribution in [1.82, 2.24) is 4.98 Å². The van der Waals surface area contributed by atoms with E-state index in [0.29, 0.717) is 12.0 Å². The molecule has 0 spiro atoms. The van der Waals surface area contributed by atoms with Gasteiger partial charge in [-0.1, -0.05) is 6.07 Å². The van der Waals surface area contributed by atoms with E-state index in [0.717, 1.165) is 24.5 Å². The second-order valence-electron chi connectivity index (χ2n) is 6.22. The van der Waals surface area contributed by atoms with Crippen LogP contribution in [0.3, 0.4) is 0 Å². The van der Waals surface area contributed by atoms with Gasteiger partial charge in [-0.25, -0.2) is 17.8 Å². The minimum absolute atomic E-state index is 0.0673. The number of nitrogens with zero attached hydrogens (tertiary/aromatic N) is 1. The Labute approximate surface area is 153 Å². The molecular weight excluding hydrogens is 388 g/mol. The van der Waals surface area contributed by atoms with Crippen molar-refractivity contribution in [2.45, 2.75) is 30.0 Å². The highest BCUT2D eigenvalue weighted by Gasteiger charge is 2.35. The Hall–Kier alpha value is -2.20. The van der Waals surface area contributed by atoms with Crippen molar-refractivity contribution in [3.63, 3.8) is 0 Å². The molecule has 10 heteroatoms. The first-order chi connectivity index (χ1) is 12.6. The third-order valence-electron chi connectivity index (χ3n) is 4.21. The highest BCUT2D eigenvalue weighted by molar-refractivity contribution is 7.92. The number of sulfonamides is 1. The number of methoxy groups -OCH3 is 1. The fourth-order valence-corrected chi connectivity index (χ4v) is 3.75. The molecule has 1 aliphatic rings. The Morgan fingerprint density at radius 1 is 1.22 bits per heavy atom. The topological polar surface area (TPSA) is 68.3 Å². The van der Waals surface area contributed by atoms with E-state index in [4.69, 9.17) is 4.74 Å². The zero-order valence-corrected chi connectivity index (χ0v) is 14.9. The van der Waals surface area contributed by atoms with Gasteiger partial charge in [0.15, 0.2) is 0 Å².